The van der Waals surface area contributed by atoms with E-state index in [1.165, 1.54) is 5.56 Å². The van der Waals surface area contributed by atoms with Gasteiger partial charge in [-0.1, -0.05) is 53.5 Å². The van der Waals surface area contributed by atoms with Gasteiger partial charge in [0.05, 0.1) is 28.8 Å². The summed E-state index contributed by atoms with van der Waals surface area (Å²) >= 11 is 12.0. The summed E-state index contributed by atoms with van der Waals surface area (Å²) in [6.07, 6.45) is 0. The number of carbonyl (C=O) groups excluding carboxylic acids is 1. The summed E-state index contributed by atoms with van der Waals surface area (Å²) in [6, 6.07) is 13.3. The zero-order valence-electron chi connectivity index (χ0n) is 13.8. The van der Waals surface area contributed by atoms with E-state index in [0.29, 0.717) is 17.1 Å². The number of halogens is 2. The Morgan fingerprint density at radius 3 is 2.44 bits per heavy atom. The molecule has 1 aliphatic rings. The van der Waals surface area contributed by atoms with Crippen LogP contribution in [-0.2, 0) is 17.8 Å². The van der Waals surface area contributed by atoms with Gasteiger partial charge >= 0.3 is 0 Å². The van der Waals surface area contributed by atoms with Crippen LogP contribution in [0.3, 0.4) is 0 Å². The summed E-state index contributed by atoms with van der Waals surface area (Å²) in [6.45, 7) is 4.91. The molecule has 0 aliphatic carbocycles. The molecule has 1 saturated heterocycles. The van der Waals surface area contributed by atoms with E-state index in [2.05, 4.69) is 22.3 Å². The number of carbonyl (C=O) groups is 1. The fourth-order valence-corrected chi connectivity index (χ4v) is 3.12. The van der Waals surface area contributed by atoms with Gasteiger partial charge in [-0.25, -0.2) is 0 Å². The van der Waals surface area contributed by atoms with Crippen molar-refractivity contribution in [1.29, 1.82) is 0 Å². The molecule has 0 radical (unpaired) electrons. The number of amides is 1. The Morgan fingerprint density at radius 2 is 1.72 bits per heavy atom. The zero-order valence-corrected chi connectivity index (χ0v) is 15.3. The van der Waals surface area contributed by atoms with Crippen molar-refractivity contribution in [1.82, 2.24) is 10.2 Å². The molecule has 1 aliphatic heterocycles. The molecule has 0 saturated carbocycles. The minimum Gasteiger partial charge on any atom is -0.379 e. The summed E-state index contributed by atoms with van der Waals surface area (Å²) in [5, 5.41) is 3.53. The topological polar surface area (TPSA) is 41.6 Å². The van der Waals surface area contributed by atoms with E-state index < -0.39 is 0 Å². The summed E-state index contributed by atoms with van der Waals surface area (Å²) in [5.74, 6) is -0.232. The monoisotopic (exact) mass is 378 g/mol. The van der Waals surface area contributed by atoms with Crippen LogP contribution in [0.1, 0.15) is 21.5 Å². The van der Waals surface area contributed by atoms with Gasteiger partial charge in [0.15, 0.2) is 0 Å². The first-order chi connectivity index (χ1) is 12.1. The first kappa shape index (κ1) is 18.2. The van der Waals surface area contributed by atoms with E-state index in [9.17, 15) is 4.79 Å². The fraction of sp³-hybridized carbons (Fsp3) is 0.316. The Bertz CT molecular complexity index is 729. The molecule has 4 nitrogen and oxygen atoms in total. The van der Waals surface area contributed by atoms with Crippen molar-refractivity contribution >= 4 is 29.1 Å². The number of morpholine rings is 1. The van der Waals surface area contributed by atoms with Gasteiger partial charge in [-0.3, -0.25) is 9.69 Å². The van der Waals surface area contributed by atoms with Crippen molar-refractivity contribution in [3.8, 4) is 0 Å². The third-order valence-electron chi connectivity index (χ3n) is 4.18. The van der Waals surface area contributed by atoms with Gasteiger partial charge in [0.2, 0.25) is 0 Å². The van der Waals surface area contributed by atoms with E-state index in [0.717, 1.165) is 38.4 Å². The number of hydrogen-bond donors (Lipinski definition) is 1. The van der Waals surface area contributed by atoms with Crippen molar-refractivity contribution in [3.63, 3.8) is 0 Å². The van der Waals surface area contributed by atoms with E-state index in [4.69, 9.17) is 27.9 Å². The number of benzene rings is 2. The third-order valence-corrected chi connectivity index (χ3v) is 5.00. The van der Waals surface area contributed by atoms with E-state index in [-0.39, 0.29) is 10.9 Å². The minimum atomic E-state index is -0.232. The van der Waals surface area contributed by atoms with Crippen molar-refractivity contribution < 1.29 is 9.53 Å². The maximum Gasteiger partial charge on any atom is 0.253 e. The van der Waals surface area contributed by atoms with Crippen LogP contribution in [-0.4, -0.2) is 37.1 Å². The lowest BCUT2D eigenvalue weighted by atomic mass is 10.1. The maximum atomic E-state index is 12.2. The smallest absolute Gasteiger partial charge is 0.253 e. The van der Waals surface area contributed by atoms with Gasteiger partial charge in [0.1, 0.15) is 0 Å². The molecule has 2 aromatic rings. The summed E-state index contributed by atoms with van der Waals surface area (Å²) < 4.78 is 5.36. The molecule has 1 heterocycles. The van der Waals surface area contributed by atoms with Crippen LogP contribution in [0.15, 0.2) is 42.5 Å². The molecule has 132 valence electrons. The second-order valence-electron chi connectivity index (χ2n) is 5.99. The number of nitrogens with zero attached hydrogens (tertiary/aromatic N) is 1. The Labute approximate surface area is 157 Å². The number of ether oxygens (including phenoxy) is 1. The summed E-state index contributed by atoms with van der Waals surface area (Å²) in [7, 11) is 0. The molecular formula is C19H20Cl2N2O2. The highest BCUT2D eigenvalue weighted by Gasteiger charge is 2.13. The first-order valence-corrected chi connectivity index (χ1v) is 8.99. The zero-order chi connectivity index (χ0) is 17.6. The van der Waals surface area contributed by atoms with Crippen molar-refractivity contribution in [3.05, 3.63) is 69.2 Å². The molecule has 0 atom stereocenters. The van der Waals surface area contributed by atoms with Crippen LogP contribution < -0.4 is 5.32 Å². The van der Waals surface area contributed by atoms with E-state index >= 15 is 0 Å². The second-order valence-corrected chi connectivity index (χ2v) is 6.77. The molecule has 1 amide bonds. The molecule has 1 fully saturated rings. The van der Waals surface area contributed by atoms with Gasteiger partial charge in [0, 0.05) is 26.2 Å². The first-order valence-electron chi connectivity index (χ1n) is 8.23. The highest BCUT2D eigenvalue weighted by atomic mass is 35.5. The lowest BCUT2D eigenvalue weighted by Gasteiger charge is -2.26. The van der Waals surface area contributed by atoms with Gasteiger partial charge in [-0.15, -0.1) is 0 Å². The maximum absolute atomic E-state index is 12.2. The lowest BCUT2D eigenvalue weighted by Crippen LogP contribution is -2.35. The van der Waals surface area contributed by atoms with E-state index in [1.807, 2.05) is 12.1 Å². The lowest BCUT2D eigenvalue weighted by molar-refractivity contribution is 0.0342. The van der Waals surface area contributed by atoms with Crippen LogP contribution in [0.5, 0.6) is 0 Å². The van der Waals surface area contributed by atoms with Gasteiger partial charge in [-0.05, 0) is 23.3 Å². The predicted octanol–water partition coefficient (Wildman–Crippen LogP) is 3.76. The molecule has 6 heteroatoms. The van der Waals surface area contributed by atoms with Crippen molar-refractivity contribution in [2.24, 2.45) is 0 Å². The molecule has 0 aromatic heterocycles. The average molecular weight is 379 g/mol. The predicted molar refractivity (Wildman–Crippen MR) is 100 cm³/mol. The Kier molecular flexibility index (Phi) is 6.32. The molecule has 2 aromatic carbocycles. The highest BCUT2D eigenvalue weighted by Crippen LogP contribution is 2.25. The molecule has 0 unspecified atom stereocenters. The number of hydrogen-bond acceptors (Lipinski definition) is 3. The third kappa shape index (κ3) is 4.95. The molecule has 25 heavy (non-hydrogen) atoms. The minimum absolute atomic E-state index is 0.232. The highest BCUT2D eigenvalue weighted by molar-refractivity contribution is 6.43. The van der Waals surface area contributed by atoms with Crippen LogP contribution in [0, 0.1) is 0 Å². The largest absolute Gasteiger partial charge is 0.379 e. The van der Waals surface area contributed by atoms with Crippen molar-refractivity contribution in [2.45, 2.75) is 13.1 Å². The summed E-state index contributed by atoms with van der Waals surface area (Å²) in [4.78, 5) is 14.6. The Hall–Kier alpha value is -1.59. The van der Waals surface area contributed by atoms with Crippen LogP contribution in [0.2, 0.25) is 10.0 Å². The number of nitrogens with one attached hydrogen (secondary N) is 1. The summed E-state index contributed by atoms with van der Waals surface area (Å²) in [5.41, 5.74) is 2.69. The number of rotatable bonds is 5. The molecule has 1 N–H and O–H groups in total. The second kappa shape index (κ2) is 8.68. The Morgan fingerprint density at radius 1 is 1.04 bits per heavy atom. The Balaban J connectivity index is 1.54. The normalized spacial score (nSPS) is 15.1. The molecule has 0 bridgehead atoms. The fourth-order valence-electron chi connectivity index (χ4n) is 2.74. The quantitative estimate of drug-likeness (QED) is 0.860. The van der Waals surface area contributed by atoms with Gasteiger partial charge in [0.25, 0.3) is 5.91 Å². The van der Waals surface area contributed by atoms with Gasteiger partial charge in [-0.2, -0.15) is 0 Å². The van der Waals surface area contributed by atoms with Gasteiger partial charge < -0.3 is 10.1 Å². The van der Waals surface area contributed by atoms with Crippen LogP contribution >= 0.6 is 23.2 Å². The van der Waals surface area contributed by atoms with Crippen LogP contribution in [0.25, 0.3) is 0 Å². The van der Waals surface area contributed by atoms with E-state index in [1.54, 1.807) is 18.2 Å². The average Bonchev–Trinajstić information content (AvgIpc) is 2.64. The standard InChI is InChI=1S/C19H20Cl2N2O2/c20-17-3-1-2-16(18(17)21)19(24)22-12-14-4-6-15(7-5-14)13-23-8-10-25-11-9-23/h1-7H,8-13H2,(H,22,24). The SMILES string of the molecule is O=C(NCc1ccc(CN2CCOCC2)cc1)c1cccc(Cl)c1Cl. The molecule has 3 rings (SSSR count). The molecule has 0 spiro atoms. The molecular weight excluding hydrogens is 359 g/mol. The van der Waals surface area contributed by atoms with Crippen LogP contribution in [0.4, 0.5) is 0 Å². The van der Waals surface area contributed by atoms with Crippen molar-refractivity contribution in [2.75, 3.05) is 26.3 Å².